The van der Waals surface area contributed by atoms with Crippen molar-refractivity contribution < 1.29 is 0 Å². The molecule has 0 atom stereocenters. The number of aryl methyl sites for hydroxylation is 1. The molecule has 0 aliphatic rings. The molecule has 3 rings (SSSR count). The van der Waals surface area contributed by atoms with Crippen LogP contribution in [0.2, 0.25) is 5.28 Å². The summed E-state index contributed by atoms with van der Waals surface area (Å²) in [5, 5.41) is 1.28. The van der Waals surface area contributed by atoms with Crippen molar-refractivity contribution in [2.75, 3.05) is 0 Å². The van der Waals surface area contributed by atoms with E-state index in [0.717, 1.165) is 16.5 Å². The Morgan fingerprint density at radius 3 is 2.44 bits per heavy atom. The Balaban J connectivity index is 2.15. The van der Waals surface area contributed by atoms with Crippen LogP contribution >= 0.6 is 11.6 Å². The molecule has 18 heavy (non-hydrogen) atoms. The summed E-state index contributed by atoms with van der Waals surface area (Å²) in [5.74, 6) is 0. The van der Waals surface area contributed by atoms with Crippen LogP contribution in [0.1, 0.15) is 5.56 Å². The van der Waals surface area contributed by atoms with Crippen LogP contribution in [0.25, 0.3) is 22.0 Å². The summed E-state index contributed by atoms with van der Waals surface area (Å²) >= 11 is 5.82. The van der Waals surface area contributed by atoms with Crippen molar-refractivity contribution in [3.63, 3.8) is 0 Å². The quantitative estimate of drug-likeness (QED) is 0.607. The largest absolute Gasteiger partial charge is 0.226 e. The predicted octanol–water partition coefficient (Wildman–Crippen LogP) is 4.26. The van der Waals surface area contributed by atoms with Gasteiger partial charge in [-0.2, -0.15) is 0 Å². The summed E-state index contributed by atoms with van der Waals surface area (Å²) in [6.07, 6.45) is 1.74. The molecular formula is C15H11ClN2. The summed E-state index contributed by atoms with van der Waals surface area (Å²) < 4.78 is 0. The first kappa shape index (κ1) is 11.2. The number of nitrogens with zero attached hydrogens (tertiary/aromatic N) is 2. The molecule has 0 saturated heterocycles. The molecule has 88 valence electrons. The van der Waals surface area contributed by atoms with Crippen molar-refractivity contribution in [3.05, 3.63) is 59.5 Å². The number of halogens is 1. The molecule has 2 nitrogen and oxygen atoms in total. The van der Waals surface area contributed by atoms with E-state index >= 15 is 0 Å². The van der Waals surface area contributed by atoms with Crippen molar-refractivity contribution in [2.24, 2.45) is 0 Å². The van der Waals surface area contributed by atoms with Crippen molar-refractivity contribution >= 4 is 22.5 Å². The minimum Gasteiger partial charge on any atom is -0.226 e. The maximum Gasteiger partial charge on any atom is 0.222 e. The molecule has 0 N–H and O–H groups in total. The van der Waals surface area contributed by atoms with E-state index < -0.39 is 0 Å². The maximum absolute atomic E-state index is 5.82. The molecule has 0 amide bonds. The van der Waals surface area contributed by atoms with Gasteiger partial charge in [-0.25, -0.2) is 9.97 Å². The number of rotatable bonds is 1. The van der Waals surface area contributed by atoms with Crippen LogP contribution in [-0.2, 0) is 0 Å². The average Bonchev–Trinajstić information content (AvgIpc) is 2.38. The van der Waals surface area contributed by atoms with Gasteiger partial charge >= 0.3 is 0 Å². The molecule has 1 heterocycles. The third-order valence-electron chi connectivity index (χ3n) is 2.94. The first-order chi connectivity index (χ1) is 8.72. The SMILES string of the molecule is Cc1ccc(-c2ccc3cnc(Cl)nc3c2)cc1. The number of hydrogen-bond acceptors (Lipinski definition) is 2. The maximum atomic E-state index is 5.82. The van der Waals surface area contributed by atoms with Crippen molar-refractivity contribution in [1.29, 1.82) is 0 Å². The molecular weight excluding hydrogens is 244 g/mol. The Morgan fingerprint density at radius 2 is 1.67 bits per heavy atom. The molecule has 0 aliphatic carbocycles. The highest BCUT2D eigenvalue weighted by molar-refractivity contribution is 6.28. The Bertz CT molecular complexity index is 705. The Labute approximate surface area is 110 Å². The second kappa shape index (κ2) is 4.39. The smallest absolute Gasteiger partial charge is 0.222 e. The van der Waals surface area contributed by atoms with Gasteiger partial charge in [-0.15, -0.1) is 0 Å². The summed E-state index contributed by atoms with van der Waals surface area (Å²) in [6.45, 7) is 2.08. The molecule has 0 fully saturated rings. The highest BCUT2D eigenvalue weighted by atomic mass is 35.5. The zero-order valence-corrected chi connectivity index (χ0v) is 10.6. The first-order valence-corrected chi connectivity index (χ1v) is 6.09. The Hall–Kier alpha value is -1.93. The van der Waals surface area contributed by atoms with Crippen molar-refractivity contribution in [3.8, 4) is 11.1 Å². The highest BCUT2D eigenvalue weighted by Gasteiger charge is 2.02. The van der Waals surface area contributed by atoms with Gasteiger partial charge in [0.1, 0.15) is 0 Å². The molecule has 2 aromatic carbocycles. The lowest BCUT2D eigenvalue weighted by molar-refractivity contribution is 1.22. The monoisotopic (exact) mass is 254 g/mol. The molecule has 0 aliphatic heterocycles. The zero-order valence-electron chi connectivity index (χ0n) is 9.89. The third kappa shape index (κ3) is 2.07. The van der Waals surface area contributed by atoms with E-state index in [2.05, 4.69) is 47.2 Å². The Morgan fingerprint density at radius 1 is 0.944 bits per heavy atom. The summed E-state index contributed by atoms with van der Waals surface area (Å²) in [4.78, 5) is 8.21. The standard InChI is InChI=1S/C15H11ClN2/c1-10-2-4-11(5-3-10)12-6-7-13-9-17-15(16)18-14(13)8-12/h2-9H,1H3. The topological polar surface area (TPSA) is 25.8 Å². The van der Waals surface area contributed by atoms with Crippen LogP contribution in [-0.4, -0.2) is 9.97 Å². The van der Waals surface area contributed by atoms with Crippen LogP contribution in [0.3, 0.4) is 0 Å². The third-order valence-corrected chi connectivity index (χ3v) is 3.12. The average molecular weight is 255 g/mol. The lowest BCUT2D eigenvalue weighted by Crippen LogP contribution is -1.85. The highest BCUT2D eigenvalue weighted by Crippen LogP contribution is 2.24. The van der Waals surface area contributed by atoms with Crippen LogP contribution < -0.4 is 0 Å². The van der Waals surface area contributed by atoms with Crippen molar-refractivity contribution in [2.45, 2.75) is 6.92 Å². The fourth-order valence-corrected chi connectivity index (χ4v) is 2.07. The fraction of sp³-hybridized carbons (Fsp3) is 0.0667. The molecule has 0 radical (unpaired) electrons. The van der Waals surface area contributed by atoms with Crippen LogP contribution in [0.15, 0.2) is 48.7 Å². The van der Waals surface area contributed by atoms with E-state index in [9.17, 15) is 0 Å². The number of hydrogen-bond donors (Lipinski definition) is 0. The first-order valence-electron chi connectivity index (χ1n) is 5.72. The van der Waals surface area contributed by atoms with Crippen molar-refractivity contribution in [1.82, 2.24) is 9.97 Å². The molecule has 1 aromatic heterocycles. The molecule has 3 heteroatoms. The summed E-state index contributed by atoms with van der Waals surface area (Å²) in [7, 11) is 0. The second-order valence-corrected chi connectivity index (χ2v) is 4.62. The lowest BCUT2D eigenvalue weighted by atomic mass is 10.0. The number of fused-ring (bicyclic) bond motifs is 1. The summed E-state index contributed by atoms with van der Waals surface area (Å²) in [5.41, 5.74) is 4.44. The van der Waals surface area contributed by atoms with E-state index in [0.29, 0.717) is 0 Å². The molecule has 3 aromatic rings. The van der Waals surface area contributed by atoms with Gasteiger partial charge in [0, 0.05) is 11.6 Å². The summed E-state index contributed by atoms with van der Waals surface area (Å²) in [6, 6.07) is 14.6. The Kier molecular flexibility index (Phi) is 2.73. The minimum absolute atomic E-state index is 0.281. The van der Waals surface area contributed by atoms with Gasteiger partial charge in [0.15, 0.2) is 0 Å². The van der Waals surface area contributed by atoms with E-state index in [1.165, 1.54) is 11.1 Å². The molecule has 0 spiro atoms. The molecule has 0 saturated carbocycles. The van der Waals surface area contributed by atoms with Gasteiger partial charge in [0.05, 0.1) is 5.52 Å². The minimum atomic E-state index is 0.281. The zero-order chi connectivity index (χ0) is 12.5. The van der Waals surface area contributed by atoms with Gasteiger partial charge in [-0.1, -0.05) is 42.0 Å². The van der Waals surface area contributed by atoms with Gasteiger partial charge in [-0.05, 0) is 35.7 Å². The number of aromatic nitrogens is 2. The van der Waals surface area contributed by atoms with E-state index in [1.54, 1.807) is 6.20 Å². The number of benzene rings is 2. The van der Waals surface area contributed by atoms with E-state index in [4.69, 9.17) is 11.6 Å². The van der Waals surface area contributed by atoms with Crippen LogP contribution in [0.4, 0.5) is 0 Å². The van der Waals surface area contributed by atoms with E-state index in [-0.39, 0.29) is 5.28 Å². The van der Waals surface area contributed by atoms with Gasteiger partial charge in [0.2, 0.25) is 5.28 Å². The molecule has 0 bridgehead atoms. The van der Waals surface area contributed by atoms with Gasteiger partial charge in [-0.3, -0.25) is 0 Å². The molecule has 0 unspecified atom stereocenters. The van der Waals surface area contributed by atoms with Crippen LogP contribution in [0, 0.1) is 6.92 Å². The fourth-order valence-electron chi connectivity index (χ4n) is 1.93. The normalized spacial score (nSPS) is 10.8. The lowest BCUT2D eigenvalue weighted by Gasteiger charge is -2.04. The second-order valence-electron chi connectivity index (χ2n) is 4.28. The van der Waals surface area contributed by atoms with Gasteiger partial charge < -0.3 is 0 Å². The predicted molar refractivity (Wildman–Crippen MR) is 74.7 cm³/mol. The van der Waals surface area contributed by atoms with Gasteiger partial charge in [0.25, 0.3) is 0 Å². The van der Waals surface area contributed by atoms with E-state index in [1.807, 2.05) is 12.1 Å². The van der Waals surface area contributed by atoms with Crippen LogP contribution in [0.5, 0.6) is 0 Å².